The van der Waals surface area contributed by atoms with Crippen molar-refractivity contribution in [2.24, 2.45) is 0 Å². The normalized spacial score (nSPS) is 17.3. The Morgan fingerprint density at radius 3 is 2.83 bits per heavy atom. The maximum Gasteiger partial charge on any atom is 0.266 e. The molecule has 2 rings (SSSR count). The molecule has 23 heavy (non-hydrogen) atoms. The van der Waals surface area contributed by atoms with Crippen LogP contribution in [0.1, 0.15) is 26.7 Å². The quantitative estimate of drug-likeness (QED) is 0.723. The van der Waals surface area contributed by atoms with Gasteiger partial charge in [0.25, 0.3) is 5.91 Å². The second kappa shape index (κ2) is 7.62. The molecule has 2 atom stereocenters. The topological polar surface area (TPSA) is 96.5 Å². The molecule has 0 saturated carbocycles. The van der Waals surface area contributed by atoms with Crippen LogP contribution in [0.3, 0.4) is 0 Å². The second-order valence-corrected chi connectivity index (χ2v) is 5.38. The molecule has 7 heteroatoms. The van der Waals surface area contributed by atoms with Gasteiger partial charge in [0.1, 0.15) is 11.8 Å². The van der Waals surface area contributed by atoms with Crippen molar-refractivity contribution in [2.75, 3.05) is 11.9 Å². The Morgan fingerprint density at radius 2 is 2.09 bits per heavy atom. The largest absolute Gasteiger partial charge is 0.478 e. The number of para-hydroxylation sites is 2. The lowest BCUT2D eigenvalue weighted by Crippen LogP contribution is -2.47. The zero-order valence-electron chi connectivity index (χ0n) is 13.2. The lowest BCUT2D eigenvalue weighted by Gasteiger charge is -2.25. The molecule has 1 aromatic rings. The van der Waals surface area contributed by atoms with Crippen molar-refractivity contribution in [2.45, 2.75) is 38.8 Å². The molecule has 124 valence electrons. The average molecular weight is 319 g/mol. The van der Waals surface area contributed by atoms with E-state index in [1.807, 2.05) is 6.92 Å². The molecule has 1 heterocycles. The van der Waals surface area contributed by atoms with E-state index in [0.717, 1.165) is 6.42 Å². The van der Waals surface area contributed by atoms with Gasteiger partial charge in [0.15, 0.2) is 6.10 Å². The maximum absolute atomic E-state index is 12.0. The molecular weight excluding hydrogens is 298 g/mol. The van der Waals surface area contributed by atoms with Crippen LogP contribution in [-0.4, -0.2) is 36.4 Å². The predicted octanol–water partition coefficient (Wildman–Crippen LogP) is 0.807. The van der Waals surface area contributed by atoms with Crippen LogP contribution in [0.2, 0.25) is 0 Å². The monoisotopic (exact) mass is 319 g/mol. The Morgan fingerprint density at radius 1 is 1.35 bits per heavy atom. The van der Waals surface area contributed by atoms with Crippen LogP contribution in [0.25, 0.3) is 0 Å². The van der Waals surface area contributed by atoms with Crippen molar-refractivity contribution in [3.8, 4) is 5.75 Å². The Labute approximate surface area is 134 Å². The van der Waals surface area contributed by atoms with Crippen molar-refractivity contribution >= 4 is 23.4 Å². The predicted molar refractivity (Wildman–Crippen MR) is 85.0 cm³/mol. The number of carbonyl (C=O) groups excluding carboxylic acids is 3. The van der Waals surface area contributed by atoms with Crippen molar-refractivity contribution in [3.63, 3.8) is 0 Å². The van der Waals surface area contributed by atoms with Crippen molar-refractivity contribution in [1.29, 1.82) is 0 Å². The molecular formula is C16H21N3O4. The lowest BCUT2D eigenvalue weighted by atomic mass is 10.1. The highest BCUT2D eigenvalue weighted by Crippen LogP contribution is 2.29. The van der Waals surface area contributed by atoms with Gasteiger partial charge in [-0.25, -0.2) is 0 Å². The molecule has 0 bridgehead atoms. The van der Waals surface area contributed by atoms with Crippen LogP contribution in [-0.2, 0) is 14.4 Å². The molecule has 1 aliphatic rings. The van der Waals surface area contributed by atoms with Gasteiger partial charge in [-0.15, -0.1) is 0 Å². The van der Waals surface area contributed by atoms with E-state index in [9.17, 15) is 14.4 Å². The summed E-state index contributed by atoms with van der Waals surface area (Å²) in [5.41, 5.74) is 0.585. The van der Waals surface area contributed by atoms with E-state index >= 15 is 0 Å². The Hall–Kier alpha value is -2.57. The molecule has 3 amide bonds. The first kappa shape index (κ1) is 16.8. The molecule has 0 aliphatic carbocycles. The molecule has 0 radical (unpaired) electrons. The first-order chi connectivity index (χ1) is 11.0. The molecule has 0 fully saturated rings. The fourth-order valence-corrected chi connectivity index (χ4v) is 2.16. The SMILES string of the molecule is CCCNC(=O)[C@@H](C)NC(=O)C[C@H]1Oc2ccccc2NC1=O. The average Bonchev–Trinajstić information content (AvgIpc) is 2.53. The van der Waals surface area contributed by atoms with E-state index in [0.29, 0.717) is 18.0 Å². The van der Waals surface area contributed by atoms with Gasteiger partial charge in [-0.05, 0) is 25.5 Å². The summed E-state index contributed by atoms with van der Waals surface area (Å²) in [6.45, 7) is 4.10. The second-order valence-electron chi connectivity index (χ2n) is 5.38. The third-order valence-electron chi connectivity index (χ3n) is 3.40. The third kappa shape index (κ3) is 4.45. The molecule has 0 saturated heterocycles. The van der Waals surface area contributed by atoms with E-state index in [-0.39, 0.29) is 18.2 Å². The molecule has 1 aliphatic heterocycles. The number of hydrogen-bond acceptors (Lipinski definition) is 4. The van der Waals surface area contributed by atoms with Crippen molar-refractivity contribution in [1.82, 2.24) is 10.6 Å². The summed E-state index contributed by atoms with van der Waals surface area (Å²) in [5, 5.41) is 7.96. The van der Waals surface area contributed by atoms with Crippen LogP contribution in [0.5, 0.6) is 5.75 Å². The first-order valence-corrected chi connectivity index (χ1v) is 7.65. The highest BCUT2D eigenvalue weighted by atomic mass is 16.5. The fourth-order valence-electron chi connectivity index (χ4n) is 2.16. The molecule has 7 nitrogen and oxygen atoms in total. The van der Waals surface area contributed by atoms with E-state index < -0.39 is 18.1 Å². The first-order valence-electron chi connectivity index (χ1n) is 7.65. The number of benzene rings is 1. The summed E-state index contributed by atoms with van der Waals surface area (Å²) in [4.78, 5) is 35.7. The number of rotatable bonds is 6. The molecule has 1 aromatic carbocycles. The van der Waals surface area contributed by atoms with Gasteiger partial charge in [0.2, 0.25) is 11.8 Å². The summed E-state index contributed by atoms with van der Waals surface area (Å²) in [6.07, 6.45) is -0.233. The zero-order valence-corrected chi connectivity index (χ0v) is 13.2. The minimum atomic E-state index is -0.907. The number of hydrogen-bond donors (Lipinski definition) is 3. The third-order valence-corrected chi connectivity index (χ3v) is 3.40. The van der Waals surface area contributed by atoms with Crippen LogP contribution in [0.15, 0.2) is 24.3 Å². The van der Waals surface area contributed by atoms with Crippen LogP contribution >= 0.6 is 0 Å². The Balaban J connectivity index is 1.88. The number of carbonyl (C=O) groups is 3. The zero-order chi connectivity index (χ0) is 16.8. The summed E-state index contributed by atoms with van der Waals surface area (Å²) in [6, 6.07) is 6.36. The number of ether oxygens (including phenoxy) is 1. The van der Waals surface area contributed by atoms with E-state index in [4.69, 9.17) is 4.74 Å². The van der Waals surface area contributed by atoms with Gasteiger partial charge < -0.3 is 20.7 Å². The van der Waals surface area contributed by atoms with E-state index in [1.165, 1.54) is 0 Å². The maximum atomic E-state index is 12.0. The van der Waals surface area contributed by atoms with E-state index in [2.05, 4.69) is 16.0 Å². The summed E-state index contributed by atoms with van der Waals surface area (Å²) >= 11 is 0. The number of fused-ring (bicyclic) bond motifs is 1. The number of amides is 3. The molecule has 0 unspecified atom stereocenters. The summed E-state index contributed by atoms with van der Waals surface area (Å²) < 4.78 is 5.55. The van der Waals surface area contributed by atoms with Gasteiger partial charge in [-0.1, -0.05) is 19.1 Å². The number of nitrogens with one attached hydrogen (secondary N) is 3. The van der Waals surface area contributed by atoms with Crippen LogP contribution in [0, 0.1) is 0 Å². The summed E-state index contributed by atoms with van der Waals surface area (Å²) in [5.74, 6) is -0.510. The van der Waals surface area contributed by atoms with Gasteiger partial charge in [-0.3, -0.25) is 14.4 Å². The highest BCUT2D eigenvalue weighted by Gasteiger charge is 2.30. The van der Waals surface area contributed by atoms with Gasteiger partial charge in [0.05, 0.1) is 12.1 Å². The number of anilines is 1. The summed E-state index contributed by atoms with van der Waals surface area (Å²) in [7, 11) is 0. The molecule has 0 spiro atoms. The lowest BCUT2D eigenvalue weighted by molar-refractivity contribution is -0.132. The molecule has 3 N–H and O–H groups in total. The Bertz CT molecular complexity index is 603. The van der Waals surface area contributed by atoms with Crippen LogP contribution in [0.4, 0.5) is 5.69 Å². The van der Waals surface area contributed by atoms with Gasteiger partial charge in [0, 0.05) is 6.54 Å². The standard InChI is InChI=1S/C16H21N3O4/c1-3-8-17-15(21)10(2)18-14(20)9-13-16(22)19-11-6-4-5-7-12(11)23-13/h4-7,10,13H,3,8-9H2,1-2H3,(H,17,21)(H,18,20)(H,19,22)/t10-,13-/m1/s1. The van der Waals surface area contributed by atoms with E-state index in [1.54, 1.807) is 31.2 Å². The van der Waals surface area contributed by atoms with Gasteiger partial charge >= 0.3 is 0 Å². The Kier molecular flexibility index (Phi) is 5.56. The van der Waals surface area contributed by atoms with Crippen LogP contribution < -0.4 is 20.7 Å². The minimum absolute atomic E-state index is 0.147. The fraction of sp³-hybridized carbons (Fsp3) is 0.438. The highest BCUT2D eigenvalue weighted by molar-refractivity contribution is 6.00. The van der Waals surface area contributed by atoms with Crippen molar-refractivity contribution in [3.05, 3.63) is 24.3 Å². The van der Waals surface area contributed by atoms with Gasteiger partial charge in [-0.2, -0.15) is 0 Å². The molecule has 0 aromatic heterocycles. The van der Waals surface area contributed by atoms with Crippen molar-refractivity contribution < 1.29 is 19.1 Å². The minimum Gasteiger partial charge on any atom is -0.478 e. The smallest absolute Gasteiger partial charge is 0.266 e.